The first-order chi connectivity index (χ1) is 19.0. The van der Waals surface area contributed by atoms with Crippen LogP contribution in [0.5, 0.6) is 11.5 Å². The summed E-state index contributed by atoms with van der Waals surface area (Å²) < 4.78 is 19.8. The van der Waals surface area contributed by atoms with Crippen LogP contribution in [0.3, 0.4) is 0 Å². The average Bonchev–Trinajstić information content (AvgIpc) is 3.23. The van der Waals surface area contributed by atoms with E-state index < -0.39 is 23.5 Å². The predicted molar refractivity (Wildman–Crippen MR) is 147 cm³/mol. The molecule has 5 nitrogen and oxygen atoms in total. The lowest BCUT2D eigenvalue weighted by molar-refractivity contribution is -0.132. The van der Waals surface area contributed by atoms with E-state index in [4.69, 9.17) is 4.74 Å². The van der Waals surface area contributed by atoms with Crippen LogP contribution >= 0.6 is 0 Å². The summed E-state index contributed by atoms with van der Waals surface area (Å²) in [6, 6.07) is 26.5. The van der Waals surface area contributed by atoms with Gasteiger partial charge in [-0.3, -0.25) is 14.5 Å². The van der Waals surface area contributed by atoms with Crippen LogP contribution in [-0.4, -0.2) is 16.8 Å². The largest absolute Gasteiger partial charge is 0.507 e. The molecule has 1 unspecified atom stereocenters. The van der Waals surface area contributed by atoms with Crippen LogP contribution in [0.2, 0.25) is 0 Å². The standard InChI is InChI=1S/C33H26FNO4/c34-25-15-17-26(18-16-25)35-30(23-9-6-12-28(20-23)39-27-10-2-1-3-11-27)29(32(37)33(35)38)31(36)24-14-13-21-7-4-5-8-22(21)19-24/h1-3,6,9-20,30,36H,4-5,7-8H2/b31-29-. The van der Waals surface area contributed by atoms with E-state index in [1.54, 1.807) is 30.3 Å². The number of halogens is 1. The molecule has 6 heteroatoms. The van der Waals surface area contributed by atoms with Gasteiger partial charge in [0.15, 0.2) is 0 Å². The molecular weight excluding hydrogens is 493 g/mol. The number of aliphatic hydroxyl groups is 1. The van der Waals surface area contributed by atoms with Crippen molar-refractivity contribution in [1.82, 2.24) is 0 Å². The number of hydrogen-bond donors (Lipinski definition) is 1. The molecule has 0 spiro atoms. The van der Waals surface area contributed by atoms with Crippen molar-refractivity contribution in [2.45, 2.75) is 31.7 Å². The number of rotatable bonds is 5. The minimum atomic E-state index is -0.939. The number of carbonyl (C=O) groups is 2. The molecule has 0 saturated carbocycles. The summed E-state index contributed by atoms with van der Waals surface area (Å²) in [5, 5.41) is 11.5. The number of para-hydroxylation sites is 1. The van der Waals surface area contributed by atoms with Gasteiger partial charge in [-0.05, 0) is 97.0 Å². The molecule has 1 N–H and O–H groups in total. The number of anilines is 1. The quantitative estimate of drug-likeness (QED) is 0.173. The predicted octanol–water partition coefficient (Wildman–Crippen LogP) is 7.12. The summed E-state index contributed by atoms with van der Waals surface area (Å²) in [4.78, 5) is 28.3. The molecule has 1 fully saturated rings. The van der Waals surface area contributed by atoms with E-state index in [2.05, 4.69) is 0 Å². The lowest BCUT2D eigenvalue weighted by Gasteiger charge is -2.26. The van der Waals surface area contributed by atoms with Gasteiger partial charge in [0.2, 0.25) is 0 Å². The summed E-state index contributed by atoms with van der Waals surface area (Å²) in [5.41, 5.74) is 3.79. The highest BCUT2D eigenvalue weighted by atomic mass is 19.1. The molecule has 1 atom stereocenters. The Morgan fingerprint density at radius 1 is 0.795 bits per heavy atom. The highest BCUT2D eigenvalue weighted by Gasteiger charge is 2.47. The SMILES string of the molecule is O=C1C(=O)N(c2ccc(F)cc2)C(c2cccc(Oc3ccccc3)c2)/C1=C(/O)c1ccc2c(c1)CCCC2. The third kappa shape index (κ3) is 4.70. The Morgan fingerprint density at radius 3 is 2.28 bits per heavy atom. The lowest BCUT2D eigenvalue weighted by atomic mass is 9.88. The summed E-state index contributed by atoms with van der Waals surface area (Å²) in [7, 11) is 0. The van der Waals surface area contributed by atoms with Gasteiger partial charge in [0.05, 0.1) is 11.6 Å². The summed E-state index contributed by atoms with van der Waals surface area (Å²) in [5.74, 6) is -1.13. The Morgan fingerprint density at radius 2 is 1.51 bits per heavy atom. The Labute approximate surface area is 225 Å². The van der Waals surface area contributed by atoms with Crippen molar-refractivity contribution in [2.24, 2.45) is 0 Å². The van der Waals surface area contributed by atoms with E-state index in [1.165, 1.54) is 34.7 Å². The molecule has 1 saturated heterocycles. The normalized spacial score (nSPS) is 18.2. The number of fused-ring (bicyclic) bond motifs is 1. The summed E-state index contributed by atoms with van der Waals surface area (Å²) >= 11 is 0. The fourth-order valence-electron chi connectivity index (χ4n) is 5.42. The Hall–Kier alpha value is -4.71. The van der Waals surface area contributed by atoms with Gasteiger partial charge in [0.1, 0.15) is 23.1 Å². The van der Waals surface area contributed by atoms with Gasteiger partial charge in [0.25, 0.3) is 11.7 Å². The maximum Gasteiger partial charge on any atom is 0.300 e. The van der Waals surface area contributed by atoms with Gasteiger partial charge in [0, 0.05) is 11.3 Å². The number of ketones is 1. The highest BCUT2D eigenvalue weighted by molar-refractivity contribution is 6.51. The highest BCUT2D eigenvalue weighted by Crippen LogP contribution is 2.43. The molecule has 4 aromatic carbocycles. The number of aliphatic hydroxyl groups excluding tert-OH is 1. The van der Waals surface area contributed by atoms with Gasteiger partial charge in [-0.25, -0.2) is 4.39 Å². The zero-order chi connectivity index (χ0) is 26.9. The molecule has 1 amide bonds. The molecule has 4 aromatic rings. The molecule has 6 rings (SSSR count). The van der Waals surface area contributed by atoms with Crippen molar-refractivity contribution in [3.05, 3.63) is 131 Å². The molecule has 0 radical (unpaired) electrons. The Kier molecular flexibility index (Phi) is 6.45. The van der Waals surface area contributed by atoms with E-state index >= 15 is 0 Å². The first-order valence-corrected chi connectivity index (χ1v) is 13.0. The summed E-state index contributed by atoms with van der Waals surface area (Å²) in [6.07, 6.45) is 4.09. The van der Waals surface area contributed by atoms with Crippen molar-refractivity contribution in [3.63, 3.8) is 0 Å². The fraction of sp³-hybridized carbons (Fsp3) is 0.152. The number of ether oxygens (including phenoxy) is 1. The molecule has 0 bridgehead atoms. The Balaban J connectivity index is 1.49. The molecule has 1 aliphatic heterocycles. The minimum Gasteiger partial charge on any atom is -0.507 e. The second-order valence-corrected chi connectivity index (χ2v) is 9.82. The molecule has 194 valence electrons. The van der Waals surface area contributed by atoms with Crippen LogP contribution in [0.1, 0.15) is 41.1 Å². The van der Waals surface area contributed by atoms with E-state index in [9.17, 15) is 19.1 Å². The van der Waals surface area contributed by atoms with E-state index in [-0.39, 0.29) is 11.3 Å². The molecule has 1 aliphatic carbocycles. The maximum atomic E-state index is 13.8. The van der Waals surface area contributed by atoms with Crippen molar-refractivity contribution in [1.29, 1.82) is 0 Å². The number of aryl methyl sites for hydroxylation is 2. The van der Waals surface area contributed by atoms with E-state index in [0.717, 1.165) is 31.2 Å². The first kappa shape index (κ1) is 24.6. The second kappa shape index (κ2) is 10.2. The number of Topliss-reactive ketones (excluding diaryl/α,β-unsaturated/α-hetero) is 1. The third-order valence-electron chi connectivity index (χ3n) is 7.32. The minimum absolute atomic E-state index is 0.0167. The van der Waals surface area contributed by atoms with E-state index in [0.29, 0.717) is 28.3 Å². The molecule has 1 heterocycles. The number of carbonyl (C=O) groups excluding carboxylic acids is 2. The van der Waals surface area contributed by atoms with Crippen LogP contribution < -0.4 is 9.64 Å². The third-order valence-corrected chi connectivity index (χ3v) is 7.32. The number of nitrogens with zero attached hydrogens (tertiary/aromatic N) is 1. The van der Waals surface area contributed by atoms with Crippen LogP contribution in [0, 0.1) is 5.82 Å². The van der Waals surface area contributed by atoms with Gasteiger partial charge in [-0.1, -0.05) is 42.5 Å². The van der Waals surface area contributed by atoms with Gasteiger partial charge >= 0.3 is 0 Å². The smallest absolute Gasteiger partial charge is 0.300 e. The van der Waals surface area contributed by atoms with Crippen LogP contribution in [0.25, 0.3) is 5.76 Å². The van der Waals surface area contributed by atoms with E-state index in [1.807, 2.05) is 42.5 Å². The molecular formula is C33H26FNO4. The zero-order valence-electron chi connectivity index (χ0n) is 21.1. The van der Waals surface area contributed by atoms with Gasteiger partial charge in [-0.15, -0.1) is 0 Å². The van der Waals surface area contributed by atoms with Crippen molar-refractivity contribution in [3.8, 4) is 11.5 Å². The van der Waals surface area contributed by atoms with Crippen molar-refractivity contribution >= 4 is 23.1 Å². The second-order valence-electron chi connectivity index (χ2n) is 9.82. The zero-order valence-corrected chi connectivity index (χ0v) is 21.1. The van der Waals surface area contributed by atoms with Crippen LogP contribution in [-0.2, 0) is 22.4 Å². The van der Waals surface area contributed by atoms with Crippen LogP contribution in [0.4, 0.5) is 10.1 Å². The van der Waals surface area contributed by atoms with Crippen molar-refractivity contribution < 1.29 is 23.8 Å². The van der Waals surface area contributed by atoms with Gasteiger partial charge in [-0.2, -0.15) is 0 Å². The summed E-state index contributed by atoms with van der Waals surface area (Å²) in [6.45, 7) is 0. The average molecular weight is 520 g/mol. The maximum absolute atomic E-state index is 13.8. The fourth-order valence-corrected chi connectivity index (χ4v) is 5.42. The molecule has 2 aliphatic rings. The van der Waals surface area contributed by atoms with Crippen LogP contribution in [0.15, 0.2) is 103 Å². The van der Waals surface area contributed by atoms with Gasteiger partial charge < -0.3 is 9.84 Å². The number of hydrogen-bond acceptors (Lipinski definition) is 4. The first-order valence-electron chi connectivity index (χ1n) is 13.0. The van der Waals surface area contributed by atoms with Crippen molar-refractivity contribution in [2.75, 3.05) is 4.90 Å². The molecule has 39 heavy (non-hydrogen) atoms. The molecule has 0 aromatic heterocycles. The topological polar surface area (TPSA) is 66.8 Å². The monoisotopic (exact) mass is 519 g/mol. The Bertz CT molecular complexity index is 1590. The number of amides is 1. The lowest BCUT2D eigenvalue weighted by Crippen LogP contribution is -2.29. The number of benzene rings is 4.